The highest BCUT2D eigenvalue weighted by Crippen LogP contribution is 2.22. The lowest BCUT2D eigenvalue weighted by molar-refractivity contribution is -0.385. The first-order valence-corrected chi connectivity index (χ1v) is 5.05. The summed E-state index contributed by atoms with van der Waals surface area (Å²) in [6.45, 7) is 2.59. The first kappa shape index (κ1) is 12.2. The quantitative estimate of drug-likeness (QED) is 0.321. The van der Waals surface area contributed by atoms with Crippen LogP contribution in [0.25, 0.3) is 0 Å². The molecule has 0 atom stereocenters. The van der Waals surface area contributed by atoms with E-state index >= 15 is 0 Å². The van der Waals surface area contributed by atoms with E-state index in [4.69, 9.17) is 4.74 Å². The Labute approximate surface area is 93.2 Å². The Morgan fingerprint density at radius 1 is 1.50 bits per heavy atom. The van der Waals surface area contributed by atoms with Crippen LogP contribution < -0.4 is 4.74 Å². The number of unbranched alkanes of at least 4 members (excludes halogenated alkanes) is 1. The fraction of sp³-hybridized carbons (Fsp3) is 0.364. The summed E-state index contributed by atoms with van der Waals surface area (Å²) in [4.78, 5) is 20.6. The normalized spacial score (nSPS) is 9.81. The van der Waals surface area contributed by atoms with Crippen molar-refractivity contribution in [3.8, 4) is 5.75 Å². The number of hydrogen-bond acceptors (Lipinski definition) is 4. The average Bonchev–Trinajstić information content (AvgIpc) is 2.29. The van der Waals surface area contributed by atoms with Crippen molar-refractivity contribution in [1.82, 2.24) is 0 Å². The third kappa shape index (κ3) is 3.05. The maximum atomic E-state index is 10.7. The number of carbonyl (C=O) groups is 1. The fourth-order valence-electron chi connectivity index (χ4n) is 1.22. The Bertz CT molecular complexity index is 390. The van der Waals surface area contributed by atoms with E-state index in [1.807, 2.05) is 6.92 Å². The minimum Gasteiger partial charge on any atom is -0.494 e. The van der Waals surface area contributed by atoms with Crippen LogP contribution in [-0.2, 0) is 0 Å². The number of nitro groups is 1. The van der Waals surface area contributed by atoms with E-state index in [0.717, 1.165) is 12.8 Å². The molecule has 0 heterocycles. The molecule has 0 spiro atoms. The van der Waals surface area contributed by atoms with E-state index in [-0.39, 0.29) is 11.3 Å². The summed E-state index contributed by atoms with van der Waals surface area (Å²) < 4.78 is 5.34. The molecule has 1 rings (SSSR count). The van der Waals surface area contributed by atoms with Crippen molar-refractivity contribution >= 4 is 12.0 Å². The molecule has 0 unspecified atom stereocenters. The van der Waals surface area contributed by atoms with E-state index in [1.165, 1.54) is 18.2 Å². The lowest BCUT2D eigenvalue weighted by atomic mass is 10.2. The number of carbonyl (C=O) groups excluding carboxylic acids is 1. The number of nitrogens with zero attached hydrogens (tertiary/aromatic N) is 1. The van der Waals surface area contributed by atoms with E-state index in [1.54, 1.807) is 0 Å². The maximum absolute atomic E-state index is 10.7. The van der Waals surface area contributed by atoms with Crippen LogP contribution in [0.3, 0.4) is 0 Å². The van der Waals surface area contributed by atoms with Gasteiger partial charge < -0.3 is 4.74 Å². The highest BCUT2D eigenvalue weighted by molar-refractivity contribution is 5.82. The van der Waals surface area contributed by atoms with Crippen molar-refractivity contribution in [3.05, 3.63) is 33.9 Å². The number of rotatable bonds is 6. The predicted molar refractivity (Wildman–Crippen MR) is 58.9 cm³/mol. The predicted octanol–water partition coefficient (Wildman–Crippen LogP) is 2.59. The van der Waals surface area contributed by atoms with Crippen LogP contribution in [-0.4, -0.2) is 17.8 Å². The van der Waals surface area contributed by atoms with Gasteiger partial charge in [0, 0.05) is 6.07 Å². The van der Waals surface area contributed by atoms with Crippen molar-refractivity contribution in [2.75, 3.05) is 6.61 Å². The average molecular weight is 223 g/mol. The summed E-state index contributed by atoms with van der Waals surface area (Å²) in [6, 6.07) is 4.17. The minimum absolute atomic E-state index is 0.0407. The lowest BCUT2D eigenvalue weighted by Gasteiger charge is -2.05. The summed E-state index contributed by atoms with van der Waals surface area (Å²) in [6.07, 6.45) is 2.38. The zero-order valence-corrected chi connectivity index (χ0v) is 9.01. The second kappa shape index (κ2) is 5.85. The van der Waals surface area contributed by atoms with Crippen molar-refractivity contribution < 1.29 is 14.5 Å². The topological polar surface area (TPSA) is 69.4 Å². The smallest absolute Gasteiger partial charge is 0.280 e. The second-order valence-electron chi connectivity index (χ2n) is 3.30. The molecule has 0 aliphatic carbocycles. The molecule has 16 heavy (non-hydrogen) atoms. The third-order valence-electron chi connectivity index (χ3n) is 2.09. The van der Waals surface area contributed by atoms with Crippen LogP contribution in [0, 0.1) is 10.1 Å². The number of ether oxygens (including phenoxy) is 1. The molecule has 1 aromatic carbocycles. The monoisotopic (exact) mass is 223 g/mol. The van der Waals surface area contributed by atoms with E-state index in [9.17, 15) is 14.9 Å². The van der Waals surface area contributed by atoms with Crippen molar-refractivity contribution in [2.45, 2.75) is 19.8 Å². The third-order valence-corrected chi connectivity index (χ3v) is 2.09. The molecule has 1 aromatic rings. The Balaban J connectivity index is 2.82. The molecule has 5 nitrogen and oxygen atoms in total. The number of aldehydes is 1. The van der Waals surface area contributed by atoms with Gasteiger partial charge in [0.05, 0.1) is 17.1 Å². The number of nitro benzene ring substituents is 1. The Morgan fingerprint density at radius 2 is 2.25 bits per heavy atom. The molecular formula is C11H13NO4. The molecule has 0 saturated carbocycles. The highest BCUT2D eigenvalue weighted by Gasteiger charge is 2.13. The summed E-state index contributed by atoms with van der Waals surface area (Å²) >= 11 is 0. The second-order valence-corrected chi connectivity index (χ2v) is 3.30. The molecule has 0 N–H and O–H groups in total. The maximum Gasteiger partial charge on any atom is 0.280 e. The van der Waals surface area contributed by atoms with Gasteiger partial charge in [0.2, 0.25) is 0 Å². The summed E-state index contributed by atoms with van der Waals surface area (Å²) in [7, 11) is 0. The van der Waals surface area contributed by atoms with E-state index < -0.39 is 4.92 Å². The summed E-state index contributed by atoms with van der Waals surface area (Å²) in [5.41, 5.74) is -0.156. The first-order valence-electron chi connectivity index (χ1n) is 5.05. The zero-order valence-electron chi connectivity index (χ0n) is 9.01. The molecule has 0 bridgehead atoms. The standard InChI is InChI=1S/C11H13NO4/c1-2-3-6-16-10-4-5-11(12(14)15)9(7-10)8-13/h4-5,7-8H,2-3,6H2,1H3. The van der Waals surface area contributed by atoms with Crippen LogP contribution in [0.4, 0.5) is 5.69 Å². The fourth-order valence-corrected chi connectivity index (χ4v) is 1.22. The SMILES string of the molecule is CCCCOc1ccc([N+](=O)[O-])c(C=O)c1. The van der Waals surface area contributed by atoms with E-state index in [0.29, 0.717) is 18.6 Å². The zero-order chi connectivity index (χ0) is 12.0. The molecule has 0 aliphatic heterocycles. The molecule has 0 saturated heterocycles. The molecule has 86 valence electrons. The first-order chi connectivity index (χ1) is 7.69. The van der Waals surface area contributed by atoms with Crippen LogP contribution in [0.2, 0.25) is 0 Å². The van der Waals surface area contributed by atoms with Gasteiger partial charge in [0.1, 0.15) is 5.75 Å². The van der Waals surface area contributed by atoms with Gasteiger partial charge in [-0.25, -0.2) is 0 Å². The van der Waals surface area contributed by atoms with Gasteiger partial charge in [-0.2, -0.15) is 0 Å². The highest BCUT2D eigenvalue weighted by atomic mass is 16.6. The molecule has 5 heteroatoms. The van der Waals surface area contributed by atoms with Gasteiger partial charge in [-0.3, -0.25) is 14.9 Å². The van der Waals surface area contributed by atoms with Gasteiger partial charge in [-0.15, -0.1) is 0 Å². The Kier molecular flexibility index (Phi) is 4.44. The molecular weight excluding hydrogens is 210 g/mol. The molecule has 0 fully saturated rings. The van der Waals surface area contributed by atoms with Crippen molar-refractivity contribution in [2.24, 2.45) is 0 Å². The molecule has 0 aromatic heterocycles. The number of benzene rings is 1. The molecule has 0 amide bonds. The van der Waals surface area contributed by atoms with E-state index in [2.05, 4.69) is 0 Å². The summed E-state index contributed by atoms with van der Waals surface area (Å²) in [5.74, 6) is 0.487. The van der Waals surface area contributed by atoms with Crippen molar-refractivity contribution in [3.63, 3.8) is 0 Å². The Hall–Kier alpha value is -1.91. The van der Waals surface area contributed by atoms with Crippen LogP contribution in [0.5, 0.6) is 5.75 Å². The lowest BCUT2D eigenvalue weighted by Crippen LogP contribution is -1.99. The molecule has 0 radical (unpaired) electrons. The van der Waals surface area contributed by atoms with Gasteiger partial charge in [0.25, 0.3) is 5.69 Å². The summed E-state index contributed by atoms with van der Waals surface area (Å²) in [5, 5.41) is 10.6. The Morgan fingerprint density at radius 3 is 2.81 bits per heavy atom. The van der Waals surface area contributed by atoms with Gasteiger partial charge in [0.15, 0.2) is 6.29 Å². The van der Waals surface area contributed by atoms with Crippen LogP contribution in [0.1, 0.15) is 30.1 Å². The van der Waals surface area contributed by atoms with Crippen LogP contribution in [0.15, 0.2) is 18.2 Å². The molecule has 0 aliphatic rings. The largest absolute Gasteiger partial charge is 0.494 e. The van der Waals surface area contributed by atoms with Crippen LogP contribution >= 0.6 is 0 Å². The van der Waals surface area contributed by atoms with Gasteiger partial charge in [-0.05, 0) is 18.6 Å². The minimum atomic E-state index is -0.584. The van der Waals surface area contributed by atoms with Gasteiger partial charge >= 0.3 is 0 Å². The number of hydrogen-bond donors (Lipinski definition) is 0. The van der Waals surface area contributed by atoms with Gasteiger partial charge in [-0.1, -0.05) is 13.3 Å². The van der Waals surface area contributed by atoms with Crippen molar-refractivity contribution in [1.29, 1.82) is 0 Å².